The lowest BCUT2D eigenvalue weighted by Crippen LogP contribution is -2.62. The van der Waals surface area contributed by atoms with Crippen LogP contribution in [0.25, 0.3) is 6.08 Å². The van der Waals surface area contributed by atoms with E-state index in [0.717, 1.165) is 11.1 Å². The number of fused-ring (bicyclic) bond motifs is 6. The summed E-state index contributed by atoms with van der Waals surface area (Å²) in [5.41, 5.74) is 0.914. The molecule has 3 aliphatic heterocycles. The quantitative estimate of drug-likeness (QED) is 0.459. The minimum absolute atomic E-state index is 0.0142. The van der Waals surface area contributed by atoms with E-state index in [2.05, 4.69) is 0 Å². The fraction of sp³-hybridized carbons (Fsp3) is 0.367. The molecule has 2 atom stereocenters. The first-order valence-electron chi connectivity index (χ1n) is 12.3. The molecule has 5 rings (SSSR count). The number of benzene rings is 2. The van der Waals surface area contributed by atoms with Crippen LogP contribution in [0.4, 0.5) is 0 Å². The normalized spacial score (nSPS) is 23.9. The summed E-state index contributed by atoms with van der Waals surface area (Å²) >= 11 is 0. The highest BCUT2D eigenvalue weighted by Gasteiger charge is 2.70. The molecule has 0 fully saturated rings. The molecule has 0 spiro atoms. The van der Waals surface area contributed by atoms with E-state index in [1.807, 2.05) is 59.8 Å². The predicted molar refractivity (Wildman–Crippen MR) is 139 cm³/mol. The van der Waals surface area contributed by atoms with E-state index in [-0.39, 0.29) is 35.0 Å². The van der Waals surface area contributed by atoms with Crippen molar-refractivity contribution >= 4 is 11.9 Å². The van der Waals surface area contributed by atoms with Gasteiger partial charge in [0.25, 0.3) is 0 Å². The SMILES string of the molecule is CC(C)=CCc1c(O)ccc2c1O[C@]1(O)C(=O)c3c(O)cc4c(c3O[C@@]21CC=C(C)C)C=CC(C)(C)O4. The molecule has 37 heavy (non-hydrogen) atoms. The molecule has 0 unspecified atom stereocenters. The summed E-state index contributed by atoms with van der Waals surface area (Å²) in [7, 11) is 0. The minimum Gasteiger partial charge on any atom is -0.508 e. The molecule has 0 amide bonds. The van der Waals surface area contributed by atoms with E-state index in [4.69, 9.17) is 14.2 Å². The number of aliphatic hydroxyl groups is 1. The lowest BCUT2D eigenvalue weighted by atomic mass is 9.76. The molecule has 0 aromatic heterocycles. The van der Waals surface area contributed by atoms with Crippen LogP contribution < -0.4 is 14.2 Å². The lowest BCUT2D eigenvalue weighted by molar-refractivity contribution is -0.202. The van der Waals surface area contributed by atoms with Crippen molar-refractivity contribution in [3.8, 4) is 28.7 Å². The number of phenolic OH excluding ortho intramolecular Hbond substituents is 2. The largest absolute Gasteiger partial charge is 0.508 e. The molecule has 0 radical (unpaired) electrons. The second kappa shape index (κ2) is 8.15. The van der Waals surface area contributed by atoms with E-state index < -0.39 is 22.8 Å². The van der Waals surface area contributed by atoms with Gasteiger partial charge in [0.1, 0.15) is 39.9 Å². The molecule has 3 aliphatic rings. The van der Waals surface area contributed by atoms with Crippen LogP contribution >= 0.6 is 0 Å². The van der Waals surface area contributed by atoms with Crippen molar-refractivity contribution in [2.24, 2.45) is 0 Å². The molecule has 3 N–H and O–H groups in total. The van der Waals surface area contributed by atoms with Gasteiger partial charge >= 0.3 is 5.79 Å². The Labute approximate surface area is 216 Å². The fourth-order valence-electron chi connectivity index (χ4n) is 5.11. The summed E-state index contributed by atoms with van der Waals surface area (Å²) in [6.07, 6.45) is 7.89. The maximum absolute atomic E-state index is 14.1. The first-order chi connectivity index (χ1) is 17.3. The molecule has 7 nitrogen and oxygen atoms in total. The van der Waals surface area contributed by atoms with Crippen LogP contribution in [0, 0.1) is 0 Å². The van der Waals surface area contributed by atoms with E-state index >= 15 is 0 Å². The third kappa shape index (κ3) is 3.63. The zero-order valence-electron chi connectivity index (χ0n) is 21.9. The Morgan fingerprint density at radius 2 is 1.65 bits per heavy atom. The van der Waals surface area contributed by atoms with Crippen LogP contribution in [-0.4, -0.2) is 32.5 Å². The van der Waals surface area contributed by atoms with Gasteiger partial charge in [0.15, 0.2) is 0 Å². The van der Waals surface area contributed by atoms with Crippen LogP contribution in [-0.2, 0) is 12.0 Å². The zero-order chi connectivity index (χ0) is 26.9. The number of Topliss-reactive ketones (excluding diaryl/α,β-unsaturated/α-hetero) is 1. The smallest absolute Gasteiger partial charge is 0.318 e. The summed E-state index contributed by atoms with van der Waals surface area (Å²) in [4.78, 5) is 14.1. The second-order valence-corrected chi connectivity index (χ2v) is 11.0. The molecule has 0 bridgehead atoms. The highest BCUT2D eigenvalue weighted by molar-refractivity contribution is 6.10. The van der Waals surface area contributed by atoms with Crippen molar-refractivity contribution in [1.29, 1.82) is 0 Å². The second-order valence-electron chi connectivity index (χ2n) is 11.0. The lowest BCUT2D eigenvalue weighted by Gasteiger charge is -2.44. The minimum atomic E-state index is -2.48. The van der Waals surface area contributed by atoms with Gasteiger partial charge in [-0.05, 0) is 72.2 Å². The van der Waals surface area contributed by atoms with Gasteiger partial charge in [-0.3, -0.25) is 4.79 Å². The molecule has 3 heterocycles. The number of allylic oxidation sites excluding steroid dienone is 3. The van der Waals surface area contributed by atoms with E-state index in [1.165, 1.54) is 12.1 Å². The Morgan fingerprint density at radius 3 is 2.32 bits per heavy atom. The summed E-state index contributed by atoms with van der Waals surface area (Å²) in [6.45, 7) is 11.5. The topological polar surface area (TPSA) is 105 Å². The number of ketones is 1. The van der Waals surface area contributed by atoms with Gasteiger partial charge < -0.3 is 29.5 Å². The predicted octanol–water partition coefficient (Wildman–Crippen LogP) is 5.70. The van der Waals surface area contributed by atoms with Gasteiger partial charge in [-0.25, -0.2) is 0 Å². The highest BCUT2D eigenvalue weighted by Crippen LogP contribution is 2.60. The Kier molecular flexibility index (Phi) is 5.50. The van der Waals surface area contributed by atoms with Gasteiger partial charge in [0.05, 0.1) is 5.56 Å². The Bertz CT molecular complexity index is 1420. The first-order valence-corrected chi connectivity index (χ1v) is 12.3. The Balaban J connectivity index is 1.79. The van der Waals surface area contributed by atoms with Gasteiger partial charge in [0, 0.05) is 23.6 Å². The van der Waals surface area contributed by atoms with Crippen molar-refractivity contribution in [1.82, 2.24) is 0 Å². The van der Waals surface area contributed by atoms with Crippen molar-refractivity contribution in [2.45, 2.75) is 71.4 Å². The molecule has 2 aromatic rings. The molecule has 2 aromatic carbocycles. The number of carbonyl (C=O) groups excluding carboxylic acids is 1. The molecule has 0 saturated heterocycles. The van der Waals surface area contributed by atoms with E-state index in [1.54, 1.807) is 12.1 Å². The number of aromatic hydroxyl groups is 2. The number of phenols is 2. The Hall–Kier alpha value is -3.71. The number of ether oxygens (including phenoxy) is 3. The molecular formula is C30H32O7. The average Bonchev–Trinajstić information content (AvgIpc) is 3.05. The number of hydrogen-bond donors (Lipinski definition) is 3. The number of rotatable bonds is 4. The van der Waals surface area contributed by atoms with Crippen LogP contribution in [0.15, 0.2) is 47.6 Å². The van der Waals surface area contributed by atoms with Gasteiger partial charge in [-0.2, -0.15) is 0 Å². The fourth-order valence-corrected chi connectivity index (χ4v) is 5.11. The van der Waals surface area contributed by atoms with E-state index in [9.17, 15) is 20.1 Å². The number of hydrogen-bond acceptors (Lipinski definition) is 7. The van der Waals surface area contributed by atoms with Crippen LogP contribution in [0.3, 0.4) is 0 Å². The summed E-state index contributed by atoms with van der Waals surface area (Å²) in [6, 6.07) is 4.51. The van der Waals surface area contributed by atoms with Crippen LogP contribution in [0.5, 0.6) is 28.7 Å². The molecule has 0 saturated carbocycles. The molecular weight excluding hydrogens is 472 g/mol. The van der Waals surface area contributed by atoms with Crippen LogP contribution in [0.1, 0.15) is 75.0 Å². The van der Waals surface area contributed by atoms with Crippen molar-refractivity contribution in [2.75, 3.05) is 0 Å². The average molecular weight is 505 g/mol. The third-order valence-electron chi connectivity index (χ3n) is 7.08. The third-order valence-corrected chi connectivity index (χ3v) is 7.08. The highest BCUT2D eigenvalue weighted by atomic mass is 16.7. The molecule has 194 valence electrons. The van der Waals surface area contributed by atoms with Gasteiger partial charge in [0.2, 0.25) is 11.4 Å². The zero-order valence-corrected chi connectivity index (χ0v) is 21.9. The van der Waals surface area contributed by atoms with Crippen molar-refractivity contribution < 1.29 is 34.3 Å². The first kappa shape index (κ1) is 25.0. The summed E-state index contributed by atoms with van der Waals surface area (Å²) < 4.78 is 18.8. The summed E-state index contributed by atoms with van der Waals surface area (Å²) in [5, 5.41) is 33.7. The summed E-state index contributed by atoms with van der Waals surface area (Å²) in [5.74, 6) is -3.00. The van der Waals surface area contributed by atoms with Gasteiger partial charge in [-0.15, -0.1) is 0 Å². The molecule has 0 aliphatic carbocycles. The standard InChI is InChI=1S/C30H32O7/c1-16(2)7-8-18-21(31)10-9-20-25(18)37-30(34)27(33)24-22(32)15-23-19(12-13-28(5,6)35-23)26(24)36-29(20,30)14-11-17(3)4/h7,9-13,15,31-32,34H,8,14H2,1-6H3/t29-,30+/m0/s1. The monoisotopic (exact) mass is 504 g/mol. The molecule has 7 heteroatoms. The Morgan fingerprint density at radius 1 is 0.946 bits per heavy atom. The number of carbonyl (C=O) groups is 1. The van der Waals surface area contributed by atoms with Crippen molar-refractivity contribution in [3.63, 3.8) is 0 Å². The maximum atomic E-state index is 14.1. The van der Waals surface area contributed by atoms with Crippen LogP contribution in [0.2, 0.25) is 0 Å². The van der Waals surface area contributed by atoms with E-state index in [0.29, 0.717) is 28.9 Å². The van der Waals surface area contributed by atoms with Gasteiger partial charge in [-0.1, -0.05) is 23.3 Å². The van der Waals surface area contributed by atoms with Crippen molar-refractivity contribution in [3.05, 3.63) is 69.8 Å². The maximum Gasteiger partial charge on any atom is 0.318 e.